The summed E-state index contributed by atoms with van der Waals surface area (Å²) in [6, 6.07) is -1.02. The van der Waals surface area contributed by atoms with E-state index in [0.717, 1.165) is 0 Å². The van der Waals surface area contributed by atoms with Crippen LogP contribution in [0.25, 0.3) is 0 Å². The smallest absolute Gasteiger partial charge is 0.471 e. The first-order valence-electron chi connectivity index (χ1n) is 4.58. The molecule has 1 amide bonds. The molecule has 16 heavy (non-hydrogen) atoms. The third-order valence-corrected chi connectivity index (χ3v) is 1.80. The lowest BCUT2D eigenvalue weighted by atomic mass is 10.1. The van der Waals surface area contributed by atoms with Gasteiger partial charge in [-0.25, -0.2) is 0 Å². The first kappa shape index (κ1) is 14.7. The Balaban J connectivity index is 3.55. The van der Waals surface area contributed by atoms with E-state index < -0.39 is 24.1 Å². The molecule has 0 bridgehead atoms. The van der Waals surface area contributed by atoms with Crippen molar-refractivity contribution in [3.63, 3.8) is 0 Å². The predicted molar refractivity (Wildman–Crippen MR) is 48.5 cm³/mol. The topological polar surface area (TPSA) is 92.4 Å². The van der Waals surface area contributed by atoms with Gasteiger partial charge in [0, 0.05) is 6.54 Å². The molecule has 0 saturated heterocycles. The van der Waals surface area contributed by atoms with Crippen molar-refractivity contribution < 1.29 is 27.9 Å². The van der Waals surface area contributed by atoms with Crippen LogP contribution in [0.5, 0.6) is 0 Å². The number of nitrogens with one attached hydrogen (secondary N) is 1. The molecule has 1 atom stereocenters. The summed E-state index contributed by atoms with van der Waals surface area (Å²) in [4.78, 5) is 20.6. The van der Waals surface area contributed by atoms with Gasteiger partial charge in [-0.15, -0.1) is 0 Å². The molecule has 0 aromatic heterocycles. The predicted octanol–water partition coefficient (Wildman–Crippen LogP) is 0.247. The number of carbonyl (C=O) groups is 2. The zero-order valence-electron chi connectivity index (χ0n) is 8.38. The highest BCUT2D eigenvalue weighted by molar-refractivity contribution is 5.81. The van der Waals surface area contributed by atoms with Crippen LogP contribution in [0.15, 0.2) is 0 Å². The molecule has 0 aliphatic carbocycles. The molecule has 5 nitrogen and oxygen atoms in total. The zero-order valence-corrected chi connectivity index (χ0v) is 8.38. The van der Waals surface area contributed by atoms with Crippen molar-refractivity contribution >= 4 is 11.9 Å². The third kappa shape index (κ3) is 6.23. The highest BCUT2D eigenvalue weighted by Crippen LogP contribution is 2.13. The number of hydrogen-bond acceptors (Lipinski definition) is 3. The normalized spacial score (nSPS) is 13.2. The van der Waals surface area contributed by atoms with Gasteiger partial charge in [-0.1, -0.05) is 0 Å². The maximum atomic E-state index is 11.7. The van der Waals surface area contributed by atoms with Gasteiger partial charge in [0.25, 0.3) is 0 Å². The lowest BCUT2D eigenvalue weighted by molar-refractivity contribution is -0.173. The van der Waals surface area contributed by atoms with E-state index in [-0.39, 0.29) is 19.4 Å². The highest BCUT2D eigenvalue weighted by Gasteiger charge is 2.38. The Bertz CT molecular complexity index is 255. The molecule has 0 aromatic rings. The maximum absolute atomic E-state index is 11.7. The maximum Gasteiger partial charge on any atom is 0.471 e. The number of halogens is 3. The standard InChI is InChI=1S/C8H13F3N2O3/c9-8(10,11)7(16)13-4-2-1-3-5(12)6(14)15/h5H,1-4,12H2,(H,13,16)(H,14,15)/t5-/m1/s1. The van der Waals surface area contributed by atoms with E-state index in [4.69, 9.17) is 10.8 Å². The summed E-state index contributed by atoms with van der Waals surface area (Å²) in [6.07, 6.45) is -4.12. The zero-order chi connectivity index (χ0) is 12.8. The van der Waals surface area contributed by atoms with Crippen LogP contribution in [0.4, 0.5) is 13.2 Å². The third-order valence-electron chi connectivity index (χ3n) is 1.80. The van der Waals surface area contributed by atoms with Crippen LogP contribution < -0.4 is 11.1 Å². The largest absolute Gasteiger partial charge is 0.480 e. The fraction of sp³-hybridized carbons (Fsp3) is 0.750. The fourth-order valence-electron chi connectivity index (χ4n) is 0.915. The SMILES string of the molecule is N[C@H](CCCCNC(=O)C(F)(F)F)C(=O)O. The monoisotopic (exact) mass is 242 g/mol. The molecule has 0 unspecified atom stereocenters. The van der Waals surface area contributed by atoms with Gasteiger partial charge in [0.2, 0.25) is 0 Å². The molecular weight excluding hydrogens is 229 g/mol. The molecule has 0 rings (SSSR count). The Morgan fingerprint density at radius 1 is 1.31 bits per heavy atom. The molecule has 94 valence electrons. The number of nitrogens with two attached hydrogens (primary N) is 1. The van der Waals surface area contributed by atoms with Gasteiger partial charge in [-0.2, -0.15) is 13.2 Å². The molecule has 0 aromatic carbocycles. The second kappa shape index (κ2) is 6.31. The number of aliphatic carboxylic acids is 1. The summed E-state index contributed by atoms with van der Waals surface area (Å²) in [5.41, 5.74) is 5.16. The Morgan fingerprint density at radius 3 is 2.31 bits per heavy atom. The molecule has 0 heterocycles. The Hall–Kier alpha value is -1.31. The number of carboxylic acid groups (broad SMARTS) is 1. The van der Waals surface area contributed by atoms with Crippen LogP contribution in [-0.4, -0.2) is 35.7 Å². The fourth-order valence-corrected chi connectivity index (χ4v) is 0.915. The van der Waals surface area contributed by atoms with Crippen LogP contribution in [0.2, 0.25) is 0 Å². The van der Waals surface area contributed by atoms with E-state index in [9.17, 15) is 22.8 Å². The molecule has 0 saturated carbocycles. The minimum absolute atomic E-state index is 0.148. The van der Waals surface area contributed by atoms with Crippen LogP contribution in [0.3, 0.4) is 0 Å². The summed E-state index contributed by atoms with van der Waals surface area (Å²) in [6.45, 7) is -0.148. The van der Waals surface area contributed by atoms with Crippen molar-refractivity contribution in [3.8, 4) is 0 Å². The average Bonchev–Trinajstić information content (AvgIpc) is 2.14. The Kier molecular flexibility index (Phi) is 5.79. The summed E-state index contributed by atoms with van der Waals surface area (Å²) in [7, 11) is 0. The number of hydrogen-bond donors (Lipinski definition) is 3. The van der Waals surface area contributed by atoms with E-state index >= 15 is 0 Å². The van der Waals surface area contributed by atoms with Crippen molar-refractivity contribution in [1.82, 2.24) is 5.32 Å². The van der Waals surface area contributed by atoms with Crippen molar-refractivity contribution in [2.24, 2.45) is 5.73 Å². The molecule has 0 aliphatic rings. The van der Waals surface area contributed by atoms with Gasteiger partial charge in [0.1, 0.15) is 6.04 Å². The van der Waals surface area contributed by atoms with Crippen LogP contribution in [0, 0.1) is 0 Å². The van der Waals surface area contributed by atoms with Gasteiger partial charge in [-0.3, -0.25) is 9.59 Å². The van der Waals surface area contributed by atoms with Crippen molar-refractivity contribution in [3.05, 3.63) is 0 Å². The van der Waals surface area contributed by atoms with Crippen molar-refractivity contribution in [1.29, 1.82) is 0 Å². The number of rotatable bonds is 6. The summed E-state index contributed by atoms with van der Waals surface area (Å²) >= 11 is 0. The number of unbranched alkanes of at least 4 members (excludes halogenated alkanes) is 1. The molecule has 0 radical (unpaired) electrons. The lowest BCUT2D eigenvalue weighted by Gasteiger charge is -2.08. The minimum Gasteiger partial charge on any atom is -0.480 e. The molecule has 4 N–H and O–H groups in total. The van der Waals surface area contributed by atoms with E-state index in [2.05, 4.69) is 0 Å². The highest BCUT2D eigenvalue weighted by atomic mass is 19.4. The molecule has 8 heteroatoms. The van der Waals surface area contributed by atoms with E-state index in [1.165, 1.54) is 0 Å². The quantitative estimate of drug-likeness (QED) is 0.582. The Morgan fingerprint density at radius 2 is 1.88 bits per heavy atom. The van der Waals surface area contributed by atoms with Gasteiger partial charge in [-0.05, 0) is 19.3 Å². The van der Waals surface area contributed by atoms with E-state index in [0.29, 0.717) is 6.42 Å². The lowest BCUT2D eigenvalue weighted by Crippen LogP contribution is -2.37. The first-order chi connectivity index (χ1) is 7.25. The molecular formula is C8H13F3N2O3. The minimum atomic E-state index is -4.88. The number of alkyl halides is 3. The number of amides is 1. The first-order valence-corrected chi connectivity index (χ1v) is 4.58. The second-order valence-electron chi connectivity index (χ2n) is 3.19. The summed E-state index contributed by atoms with van der Waals surface area (Å²) in [5.74, 6) is -3.14. The average molecular weight is 242 g/mol. The second-order valence-corrected chi connectivity index (χ2v) is 3.19. The number of carbonyl (C=O) groups excluding carboxylic acids is 1. The van der Waals surface area contributed by atoms with Crippen LogP contribution in [0.1, 0.15) is 19.3 Å². The Labute approximate surface area is 89.8 Å². The number of carboxylic acids is 1. The van der Waals surface area contributed by atoms with Gasteiger partial charge in [0.05, 0.1) is 0 Å². The van der Waals surface area contributed by atoms with Crippen LogP contribution >= 0.6 is 0 Å². The van der Waals surface area contributed by atoms with E-state index in [1.54, 1.807) is 5.32 Å². The molecule has 0 fully saturated rings. The van der Waals surface area contributed by atoms with Gasteiger partial charge in [0.15, 0.2) is 0 Å². The summed E-state index contributed by atoms with van der Waals surface area (Å²) < 4.78 is 35.0. The van der Waals surface area contributed by atoms with Gasteiger partial charge >= 0.3 is 18.1 Å². The molecule has 0 spiro atoms. The van der Waals surface area contributed by atoms with Crippen molar-refractivity contribution in [2.45, 2.75) is 31.5 Å². The summed E-state index contributed by atoms with van der Waals surface area (Å²) in [5, 5.41) is 10.1. The van der Waals surface area contributed by atoms with Crippen LogP contribution in [-0.2, 0) is 9.59 Å². The van der Waals surface area contributed by atoms with E-state index in [1.807, 2.05) is 0 Å². The van der Waals surface area contributed by atoms with Gasteiger partial charge < -0.3 is 16.2 Å². The van der Waals surface area contributed by atoms with Crippen molar-refractivity contribution in [2.75, 3.05) is 6.54 Å². The molecule has 0 aliphatic heterocycles.